The van der Waals surface area contributed by atoms with Crippen LogP contribution in [0.25, 0.3) is 0 Å². The predicted molar refractivity (Wildman–Crippen MR) is 84.1 cm³/mol. The average Bonchev–Trinajstić information content (AvgIpc) is 2.46. The summed E-state index contributed by atoms with van der Waals surface area (Å²) >= 11 is 0. The summed E-state index contributed by atoms with van der Waals surface area (Å²) in [4.78, 5) is 5.07. The SMILES string of the molecule is CCC(C)C1CN(CC2CN(C)CCO2)C(CC)CN1. The van der Waals surface area contributed by atoms with E-state index >= 15 is 0 Å². The zero-order chi connectivity index (χ0) is 14.5. The van der Waals surface area contributed by atoms with Gasteiger partial charge in [0, 0.05) is 44.8 Å². The van der Waals surface area contributed by atoms with Gasteiger partial charge in [-0.25, -0.2) is 0 Å². The molecule has 4 heteroatoms. The van der Waals surface area contributed by atoms with Crippen molar-refractivity contribution >= 4 is 0 Å². The van der Waals surface area contributed by atoms with Crippen molar-refractivity contribution in [3.05, 3.63) is 0 Å². The van der Waals surface area contributed by atoms with Gasteiger partial charge in [0.05, 0.1) is 12.7 Å². The standard InChI is InChI=1S/C16H33N3O/c1-5-13(3)16-12-19(14(6-2)9-17-16)11-15-10-18(4)7-8-20-15/h13-17H,5-12H2,1-4H3. The van der Waals surface area contributed by atoms with Crippen LogP contribution in [0, 0.1) is 5.92 Å². The molecule has 0 aromatic heterocycles. The molecule has 4 unspecified atom stereocenters. The summed E-state index contributed by atoms with van der Waals surface area (Å²) in [5.74, 6) is 0.755. The first-order valence-corrected chi connectivity index (χ1v) is 8.41. The van der Waals surface area contributed by atoms with Gasteiger partial charge in [0.2, 0.25) is 0 Å². The molecule has 0 aromatic rings. The summed E-state index contributed by atoms with van der Waals surface area (Å²) in [6, 6.07) is 1.32. The first-order valence-electron chi connectivity index (χ1n) is 8.41. The summed E-state index contributed by atoms with van der Waals surface area (Å²) in [7, 11) is 2.20. The molecule has 0 aromatic carbocycles. The van der Waals surface area contributed by atoms with E-state index in [1.54, 1.807) is 0 Å². The van der Waals surface area contributed by atoms with Crippen molar-refractivity contribution in [2.75, 3.05) is 46.4 Å². The smallest absolute Gasteiger partial charge is 0.0829 e. The van der Waals surface area contributed by atoms with E-state index in [1.165, 1.54) is 19.4 Å². The van der Waals surface area contributed by atoms with Crippen LogP contribution in [-0.4, -0.2) is 74.4 Å². The Morgan fingerprint density at radius 3 is 2.75 bits per heavy atom. The number of nitrogens with one attached hydrogen (secondary N) is 1. The minimum Gasteiger partial charge on any atom is -0.374 e. The molecule has 2 heterocycles. The Labute approximate surface area is 124 Å². The van der Waals surface area contributed by atoms with Crippen LogP contribution in [0.1, 0.15) is 33.6 Å². The van der Waals surface area contributed by atoms with Gasteiger partial charge in [-0.05, 0) is 19.4 Å². The Morgan fingerprint density at radius 1 is 1.30 bits per heavy atom. The largest absolute Gasteiger partial charge is 0.374 e. The number of rotatable bonds is 5. The fourth-order valence-electron chi connectivity index (χ4n) is 3.41. The summed E-state index contributed by atoms with van der Waals surface area (Å²) in [6.07, 6.45) is 2.87. The van der Waals surface area contributed by atoms with Crippen LogP contribution in [0.4, 0.5) is 0 Å². The van der Waals surface area contributed by atoms with Gasteiger partial charge in [0.15, 0.2) is 0 Å². The molecule has 4 nitrogen and oxygen atoms in total. The molecule has 20 heavy (non-hydrogen) atoms. The lowest BCUT2D eigenvalue weighted by Gasteiger charge is -2.44. The van der Waals surface area contributed by atoms with E-state index < -0.39 is 0 Å². The van der Waals surface area contributed by atoms with Crippen molar-refractivity contribution in [2.45, 2.75) is 51.8 Å². The third-order valence-corrected chi connectivity index (χ3v) is 5.15. The van der Waals surface area contributed by atoms with Gasteiger partial charge in [-0.1, -0.05) is 27.2 Å². The van der Waals surface area contributed by atoms with E-state index in [0.29, 0.717) is 18.2 Å². The normalized spacial score (nSPS) is 35.1. The van der Waals surface area contributed by atoms with Crippen LogP contribution in [0.2, 0.25) is 0 Å². The first-order chi connectivity index (χ1) is 9.63. The number of nitrogens with zero attached hydrogens (tertiary/aromatic N) is 2. The molecule has 0 amide bonds. The molecular weight excluding hydrogens is 250 g/mol. The van der Waals surface area contributed by atoms with Crippen molar-refractivity contribution in [3.8, 4) is 0 Å². The van der Waals surface area contributed by atoms with Gasteiger partial charge in [-0.2, -0.15) is 0 Å². The Morgan fingerprint density at radius 2 is 2.10 bits per heavy atom. The Balaban J connectivity index is 1.91. The van der Waals surface area contributed by atoms with E-state index in [-0.39, 0.29) is 0 Å². The summed E-state index contributed by atoms with van der Waals surface area (Å²) in [6.45, 7) is 13.4. The molecule has 0 spiro atoms. The van der Waals surface area contributed by atoms with Crippen LogP contribution in [0.3, 0.4) is 0 Å². The van der Waals surface area contributed by atoms with Crippen LogP contribution >= 0.6 is 0 Å². The van der Waals surface area contributed by atoms with Gasteiger partial charge < -0.3 is 15.0 Å². The minimum absolute atomic E-state index is 0.387. The van der Waals surface area contributed by atoms with Gasteiger partial charge in [-0.3, -0.25) is 4.90 Å². The summed E-state index contributed by atoms with van der Waals surface area (Å²) < 4.78 is 5.96. The second-order valence-electron chi connectivity index (χ2n) is 6.67. The van der Waals surface area contributed by atoms with Crippen molar-refractivity contribution in [1.29, 1.82) is 0 Å². The Kier molecular flexibility index (Phi) is 6.27. The maximum atomic E-state index is 5.96. The molecule has 2 saturated heterocycles. The molecule has 118 valence electrons. The number of piperazine rings is 1. The highest BCUT2D eigenvalue weighted by atomic mass is 16.5. The summed E-state index contributed by atoms with van der Waals surface area (Å²) in [5.41, 5.74) is 0. The fourth-order valence-corrected chi connectivity index (χ4v) is 3.41. The lowest BCUT2D eigenvalue weighted by Crippen LogP contribution is -2.60. The number of likely N-dealkylation sites (N-methyl/N-ethyl adjacent to an activating group) is 1. The van der Waals surface area contributed by atoms with Gasteiger partial charge in [-0.15, -0.1) is 0 Å². The highest BCUT2D eigenvalue weighted by Crippen LogP contribution is 2.18. The van der Waals surface area contributed by atoms with E-state index in [1.807, 2.05) is 0 Å². The fraction of sp³-hybridized carbons (Fsp3) is 1.00. The molecule has 4 atom stereocenters. The highest BCUT2D eigenvalue weighted by Gasteiger charge is 2.31. The maximum Gasteiger partial charge on any atom is 0.0829 e. The van der Waals surface area contributed by atoms with Crippen LogP contribution in [0.15, 0.2) is 0 Å². The Hall–Kier alpha value is -0.160. The van der Waals surface area contributed by atoms with Crippen LogP contribution in [-0.2, 0) is 4.74 Å². The molecule has 0 saturated carbocycles. The van der Waals surface area contributed by atoms with E-state index in [4.69, 9.17) is 4.74 Å². The third-order valence-electron chi connectivity index (χ3n) is 5.15. The zero-order valence-electron chi connectivity index (χ0n) is 13.8. The number of morpholine rings is 1. The van der Waals surface area contributed by atoms with Crippen LogP contribution < -0.4 is 5.32 Å². The lowest BCUT2D eigenvalue weighted by molar-refractivity contribution is -0.0483. The van der Waals surface area contributed by atoms with E-state index in [9.17, 15) is 0 Å². The van der Waals surface area contributed by atoms with Gasteiger partial charge in [0.25, 0.3) is 0 Å². The van der Waals surface area contributed by atoms with Crippen LogP contribution in [0.5, 0.6) is 0 Å². The summed E-state index contributed by atoms with van der Waals surface area (Å²) in [5, 5.41) is 3.75. The molecule has 2 fully saturated rings. The van der Waals surface area contributed by atoms with Crippen molar-refractivity contribution in [1.82, 2.24) is 15.1 Å². The lowest BCUT2D eigenvalue weighted by atomic mass is 9.94. The maximum absolute atomic E-state index is 5.96. The molecule has 0 radical (unpaired) electrons. The Bertz CT molecular complexity index is 287. The second kappa shape index (κ2) is 7.74. The number of hydrogen-bond acceptors (Lipinski definition) is 4. The number of hydrogen-bond donors (Lipinski definition) is 1. The molecule has 2 aliphatic rings. The second-order valence-corrected chi connectivity index (χ2v) is 6.67. The molecule has 2 aliphatic heterocycles. The molecule has 0 aliphatic carbocycles. The number of ether oxygens (including phenoxy) is 1. The zero-order valence-corrected chi connectivity index (χ0v) is 13.8. The van der Waals surface area contributed by atoms with E-state index in [2.05, 4.69) is 42.9 Å². The van der Waals surface area contributed by atoms with Crippen molar-refractivity contribution in [3.63, 3.8) is 0 Å². The quantitative estimate of drug-likeness (QED) is 0.826. The first kappa shape index (κ1) is 16.2. The predicted octanol–water partition coefficient (Wildman–Crippen LogP) is 1.42. The van der Waals surface area contributed by atoms with Crippen molar-refractivity contribution in [2.24, 2.45) is 5.92 Å². The molecule has 2 rings (SSSR count). The molecule has 1 N–H and O–H groups in total. The average molecular weight is 283 g/mol. The van der Waals surface area contributed by atoms with E-state index in [0.717, 1.165) is 38.7 Å². The van der Waals surface area contributed by atoms with Gasteiger partial charge >= 0.3 is 0 Å². The highest BCUT2D eigenvalue weighted by molar-refractivity contribution is 4.89. The monoisotopic (exact) mass is 283 g/mol. The molecule has 0 bridgehead atoms. The molecular formula is C16H33N3O. The van der Waals surface area contributed by atoms with Crippen molar-refractivity contribution < 1.29 is 4.74 Å². The van der Waals surface area contributed by atoms with Gasteiger partial charge in [0.1, 0.15) is 0 Å². The minimum atomic E-state index is 0.387. The third kappa shape index (κ3) is 4.17. The topological polar surface area (TPSA) is 27.7 Å².